The standard InChI is InChI=1S/C37H41FN8O3/c1-24-4-9-28(18-30(24)33(39)34-31(38)19-29(49-3)20-42-34)46-17-13-37(36(46)48)12-16-44(22-37)21-32(47)45-14-10-26(11-15-45)25-5-7-27(8-6-25)35(40)43-23-41-2/h4-10,18-20,23,39H,11-17,21-22H2,1-3H3,(H2,40,41,43)/t37-/m0/s1. The molecule has 2 saturated heterocycles. The van der Waals surface area contributed by atoms with Gasteiger partial charge in [-0.2, -0.15) is 0 Å². The van der Waals surface area contributed by atoms with Gasteiger partial charge in [-0.25, -0.2) is 14.4 Å². The van der Waals surface area contributed by atoms with Crippen LogP contribution in [-0.4, -0.2) is 97.9 Å². The molecular weight excluding hydrogens is 623 g/mol. The average Bonchev–Trinajstić information content (AvgIpc) is 3.68. The van der Waals surface area contributed by atoms with Gasteiger partial charge in [0.15, 0.2) is 5.82 Å². The molecule has 0 aliphatic carbocycles. The Labute approximate surface area is 285 Å². The molecule has 0 saturated carbocycles. The minimum atomic E-state index is -0.645. The second-order valence-electron chi connectivity index (χ2n) is 12.8. The van der Waals surface area contributed by atoms with Crippen LogP contribution in [0.15, 0.2) is 70.8 Å². The highest BCUT2D eigenvalue weighted by atomic mass is 19.1. The fraction of sp³-hybridized carbons (Fsp3) is 0.351. The van der Waals surface area contributed by atoms with Gasteiger partial charge in [0.2, 0.25) is 11.8 Å². The molecule has 1 spiro atoms. The van der Waals surface area contributed by atoms with E-state index in [0.717, 1.165) is 23.1 Å². The number of amidine groups is 1. The molecule has 2 amide bonds. The molecule has 0 radical (unpaired) electrons. The van der Waals surface area contributed by atoms with Crippen molar-refractivity contribution in [2.24, 2.45) is 21.1 Å². The van der Waals surface area contributed by atoms with Crippen LogP contribution in [0.25, 0.3) is 5.57 Å². The number of ether oxygens (including phenoxy) is 1. The summed E-state index contributed by atoms with van der Waals surface area (Å²) >= 11 is 0. The van der Waals surface area contributed by atoms with Crippen molar-refractivity contribution in [2.45, 2.75) is 26.2 Å². The predicted molar refractivity (Wildman–Crippen MR) is 189 cm³/mol. The molecule has 0 bridgehead atoms. The minimum Gasteiger partial charge on any atom is -0.495 e. The van der Waals surface area contributed by atoms with Crippen LogP contribution < -0.4 is 15.4 Å². The fourth-order valence-electron chi connectivity index (χ4n) is 6.93. The number of aliphatic imine (C=N–C) groups is 2. The van der Waals surface area contributed by atoms with Crippen molar-refractivity contribution in [1.82, 2.24) is 14.8 Å². The summed E-state index contributed by atoms with van der Waals surface area (Å²) in [6, 6.07) is 14.6. The number of anilines is 1. The van der Waals surface area contributed by atoms with E-state index in [1.165, 1.54) is 31.3 Å². The van der Waals surface area contributed by atoms with Gasteiger partial charge >= 0.3 is 0 Å². The molecule has 254 valence electrons. The molecule has 3 aliphatic rings. The van der Waals surface area contributed by atoms with E-state index >= 15 is 0 Å². The van der Waals surface area contributed by atoms with Crippen molar-refractivity contribution in [3.63, 3.8) is 0 Å². The molecule has 2 aromatic carbocycles. The minimum absolute atomic E-state index is 0.0284. The van der Waals surface area contributed by atoms with E-state index < -0.39 is 11.2 Å². The highest BCUT2D eigenvalue weighted by Crippen LogP contribution is 2.42. The number of rotatable bonds is 9. The highest BCUT2D eigenvalue weighted by Gasteiger charge is 2.51. The Morgan fingerprint density at radius 3 is 2.61 bits per heavy atom. The van der Waals surface area contributed by atoms with Crippen LogP contribution in [0.5, 0.6) is 5.75 Å². The first-order valence-corrected chi connectivity index (χ1v) is 16.4. The van der Waals surface area contributed by atoms with E-state index in [1.54, 1.807) is 18.0 Å². The van der Waals surface area contributed by atoms with Crippen molar-refractivity contribution in [3.8, 4) is 5.75 Å². The lowest BCUT2D eigenvalue weighted by molar-refractivity contribution is -0.132. The van der Waals surface area contributed by atoms with Gasteiger partial charge in [0, 0.05) is 56.1 Å². The number of hydrogen-bond acceptors (Lipinski definition) is 7. The topological polar surface area (TPSA) is 141 Å². The van der Waals surface area contributed by atoms with Gasteiger partial charge in [-0.05, 0) is 61.6 Å². The summed E-state index contributed by atoms with van der Waals surface area (Å²) in [4.78, 5) is 45.1. The number of aryl methyl sites for hydroxylation is 1. The summed E-state index contributed by atoms with van der Waals surface area (Å²) in [5.41, 5.74) is 10.4. The van der Waals surface area contributed by atoms with Crippen molar-refractivity contribution in [2.75, 3.05) is 58.3 Å². The second kappa shape index (κ2) is 14.1. The average molecular weight is 665 g/mol. The normalized spacial score (nSPS) is 20.0. The Kier molecular flexibility index (Phi) is 9.68. The third-order valence-electron chi connectivity index (χ3n) is 9.82. The summed E-state index contributed by atoms with van der Waals surface area (Å²) in [6.45, 7) is 5.05. The SMILES string of the molecule is CN=CN=C(N)c1ccc(C2=CCN(C(=O)CN3CC[C@]4(CCN(c5ccc(C)c(C(=N)c6ncc(OC)cc6F)c5)C4=O)C3)CC2)cc1. The number of benzene rings is 2. The maximum atomic E-state index is 14.8. The molecule has 4 heterocycles. The number of nitrogens with two attached hydrogens (primary N) is 1. The molecule has 3 aromatic rings. The maximum absolute atomic E-state index is 14.8. The molecule has 6 rings (SSSR count). The maximum Gasteiger partial charge on any atom is 0.237 e. The number of nitrogens with one attached hydrogen (secondary N) is 1. The van der Waals surface area contributed by atoms with Crippen LogP contribution in [0.1, 0.15) is 47.2 Å². The largest absolute Gasteiger partial charge is 0.495 e. The molecule has 1 atom stereocenters. The van der Waals surface area contributed by atoms with E-state index in [2.05, 4.69) is 25.9 Å². The van der Waals surface area contributed by atoms with Crippen molar-refractivity contribution < 1.29 is 18.7 Å². The summed E-state index contributed by atoms with van der Waals surface area (Å²) in [5, 5.41) is 8.72. The van der Waals surface area contributed by atoms with Crippen molar-refractivity contribution in [1.29, 1.82) is 5.41 Å². The summed E-state index contributed by atoms with van der Waals surface area (Å²) in [7, 11) is 3.07. The predicted octanol–water partition coefficient (Wildman–Crippen LogP) is 4.06. The molecular formula is C37H41FN8O3. The van der Waals surface area contributed by atoms with Crippen molar-refractivity contribution >= 4 is 41.0 Å². The molecule has 12 heteroatoms. The molecule has 3 N–H and O–H groups in total. The third kappa shape index (κ3) is 6.86. The zero-order chi connectivity index (χ0) is 34.7. The van der Waals surface area contributed by atoms with Gasteiger partial charge < -0.3 is 20.3 Å². The number of hydrogen-bond donors (Lipinski definition) is 2. The van der Waals surface area contributed by atoms with Crippen LogP contribution >= 0.6 is 0 Å². The van der Waals surface area contributed by atoms with Crippen LogP contribution in [-0.2, 0) is 9.59 Å². The highest BCUT2D eigenvalue weighted by molar-refractivity contribution is 6.12. The quantitative estimate of drug-likeness (QED) is 0.261. The Balaban J connectivity index is 1.06. The second-order valence-corrected chi connectivity index (χ2v) is 12.8. The lowest BCUT2D eigenvalue weighted by atomic mass is 9.85. The lowest BCUT2D eigenvalue weighted by Gasteiger charge is -2.29. The number of aromatic nitrogens is 1. The summed E-state index contributed by atoms with van der Waals surface area (Å²) < 4.78 is 19.8. The van der Waals surface area contributed by atoms with Crippen LogP contribution in [0, 0.1) is 23.6 Å². The van der Waals surface area contributed by atoms with E-state index in [1.807, 2.05) is 48.2 Å². The van der Waals surface area contributed by atoms with Gasteiger partial charge in [0.25, 0.3) is 0 Å². The number of amides is 2. The smallest absolute Gasteiger partial charge is 0.237 e. The molecule has 1 aromatic heterocycles. The molecule has 0 unspecified atom stereocenters. The lowest BCUT2D eigenvalue weighted by Crippen LogP contribution is -2.43. The first-order valence-electron chi connectivity index (χ1n) is 16.4. The van der Waals surface area contributed by atoms with Gasteiger partial charge in [-0.3, -0.25) is 24.9 Å². The first-order chi connectivity index (χ1) is 23.6. The zero-order valence-corrected chi connectivity index (χ0v) is 28.1. The molecule has 3 aliphatic heterocycles. The number of halogens is 1. The van der Waals surface area contributed by atoms with E-state index in [-0.39, 0.29) is 35.5 Å². The first kappa shape index (κ1) is 33.7. The van der Waals surface area contributed by atoms with E-state index in [4.69, 9.17) is 15.9 Å². The Morgan fingerprint density at radius 1 is 1.14 bits per heavy atom. The number of pyridine rings is 1. The van der Waals surface area contributed by atoms with Crippen LogP contribution in [0.3, 0.4) is 0 Å². The van der Waals surface area contributed by atoms with E-state index in [0.29, 0.717) is 62.7 Å². The van der Waals surface area contributed by atoms with Crippen LogP contribution in [0.2, 0.25) is 0 Å². The fourth-order valence-corrected chi connectivity index (χ4v) is 6.93. The third-order valence-corrected chi connectivity index (χ3v) is 9.82. The Bertz CT molecular complexity index is 1870. The van der Waals surface area contributed by atoms with Crippen molar-refractivity contribution in [3.05, 3.63) is 94.6 Å². The molecule has 49 heavy (non-hydrogen) atoms. The number of carbonyl (C=O) groups is 2. The molecule has 2 fully saturated rings. The number of likely N-dealkylation sites (tertiary alicyclic amines) is 1. The van der Waals surface area contributed by atoms with Gasteiger partial charge in [0.05, 0.1) is 31.0 Å². The van der Waals surface area contributed by atoms with Gasteiger partial charge in [-0.15, -0.1) is 0 Å². The van der Waals surface area contributed by atoms with E-state index in [9.17, 15) is 14.0 Å². The number of methoxy groups -OCH3 is 1. The Morgan fingerprint density at radius 2 is 1.92 bits per heavy atom. The number of nitrogens with zero attached hydrogens (tertiary/aromatic N) is 6. The Hall–Kier alpha value is -5.23. The van der Waals surface area contributed by atoms with Gasteiger partial charge in [-0.1, -0.05) is 36.4 Å². The monoisotopic (exact) mass is 664 g/mol. The summed E-state index contributed by atoms with van der Waals surface area (Å²) in [5.74, 6) is 0.127. The van der Waals surface area contributed by atoms with Gasteiger partial charge in [0.1, 0.15) is 23.6 Å². The van der Waals surface area contributed by atoms with Crippen LogP contribution in [0.4, 0.5) is 10.1 Å². The summed E-state index contributed by atoms with van der Waals surface area (Å²) in [6.07, 6.45) is 7.04. The number of carbonyl (C=O) groups excluding carboxylic acids is 2. The molecule has 11 nitrogen and oxygen atoms in total. The zero-order valence-electron chi connectivity index (χ0n) is 28.1.